The summed E-state index contributed by atoms with van der Waals surface area (Å²) in [5.74, 6) is -0.237. The van der Waals surface area contributed by atoms with Crippen LogP contribution >= 0.6 is 11.3 Å². The number of methoxy groups -OCH3 is 1. The normalized spacial score (nSPS) is 10.6. The summed E-state index contributed by atoms with van der Waals surface area (Å²) in [7, 11) is 1.40. The topological polar surface area (TPSA) is 42.4 Å². The highest BCUT2D eigenvalue weighted by atomic mass is 32.1. The predicted molar refractivity (Wildman–Crippen MR) is 66.1 cm³/mol. The first-order valence-electron chi connectivity index (χ1n) is 5.23. The molecule has 16 heavy (non-hydrogen) atoms. The van der Waals surface area contributed by atoms with E-state index in [0.29, 0.717) is 0 Å². The van der Waals surface area contributed by atoms with E-state index in [-0.39, 0.29) is 18.6 Å². The van der Waals surface area contributed by atoms with Crippen molar-refractivity contribution in [3.05, 3.63) is 10.6 Å². The van der Waals surface area contributed by atoms with Crippen molar-refractivity contribution in [2.75, 3.05) is 18.6 Å². The summed E-state index contributed by atoms with van der Waals surface area (Å²) < 4.78 is 4.69. The number of aryl methyl sites for hydroxylation is 2. The Morgan fingerprint density at radius 1 is 1.50 bits per heavy atom. The van der Waals surface area contributed by atoms with Gasteiger partial charge in [0.05, 0.1) is 12.8 Å². The van der Waals surface area contributed by atoms with Gasteiger partial charge in [0.1, 0.15) is 6.54 Å². The Morgan fingerprint density at radius 2 is 2.12 bits per heavy atom. The molecule has 0 fully saturated rings. The lowest BCUT2D eigenvalue weighted by molar-refractivity contribution is -0.139. The maximum atomic E-state index is 11.3. The lowest BCUT2D eigenvalue weighted by Crippen LogP contribution is -2.36. The highest BCUT2D eigenvalue weighted by Gasteiger charge is 2.18. The fourth-order valence-corrected chi connectivity index (χ4v) is 2.30. The minimum atomic E-state index is -0.237. The summed E-state index contributed by atoms with van der Waals surface area (Å²) in [6.45, 7) is 8.34. The molecule has 0 aliphatic carbocycles. The van der Waals surface area contributed by atoms with Crippen LogP contribution in [0.25, 0.3) is 0 Å². The summed E-state index contributed by atoms with van der Waals surface area (Å²) in [4.78, 5) is 18.9. The van der Waals surface area contributed by atoms with Gasteiger partial charge in [-0.15, -0.1) is 11.3 Å². The monoisotopic (exact) mass is 242 g/mol. The molecule has 90 valence electrons. The number of rotatable bonds is 4. The van der Waals surface area contributed by atoms with Crippen molar-refractivity contribution < 1.29 is 9.53 Å². The molecule has 1 rings (SSSR count). The Bertz CT molecular complexity index is 355. The number of thiazole rings is 1. The molecular weight excluding hydrogens is 224 g/mol. The number of anilines is 1. The van der Waals surface area contributed by atoms with E-state index in [9.17, 15) is 4.79 Å². The number of carbonyl (C=O) groups is 1. The quantitative estimate of drug-likeness (QED) is 0.759. The molecule has 5 heteroatoms. The Balaban J connectivity index is 2.89. The molecule has 0 saturated heterocycles. The van der Waals surface area contributed by atoms with Gasteiger partial charge in [0.15, 0.2) is 5.13 Å². The van der Waals surface area contributed by atoms with E-state index in [1.54, 1.807) is 11.3 Å². The van der Waals surface area contributed by atoms with Crippen LogP contribution in [0.2, 0.25) is 0 Å². The lowest BCUT2D eigenvalue weighted by atomic mass is 10.3. The van der Waals surface area contributed by atoms with Crippen molar-refractivity contribution >= 4 is 22.4 Å². The molecule has 1 heterocycles. The maximum absolute atomic E-state index is 11.3. The van der Waals surface area contributed by atoms with Gasteiger partial charge in [-0.25, -0.2) is 4.98 Å². The number of carbonyl (C=O) groups excluding carboxylic acids is 1. The lowest BCUT2D eigenvalue weighted by Gasteiger charge is -2.24. The largest absolute Gasteiger partial charge is 0.468 e. The predicted octanol–water partition coefficient (Wildman–Crippen LogP) is 2.15. The van der Waals surface area contributed by atoms with Gasteiger partial charge >= 0.3 is 5.97 Å². The van der Waals surface area contributed by atoms with Crippen LogP contribution in [0, 0.1) is 13.8 Å². The molecule has 0 aliphatic heterocycles. The first kappa shape index (κ1) is 13.0. The van der Waals surface area contributed by atoms with E-state index in [1.165, 1.54) is 12.0 Å². The zero-order chi connectivity index (χ0) is 12.3. The van der Waals surface area contributed by atoms with Crippen LogP contribution in [0.15, 0.2) is 0 Å². The fourth-order valence-electron chi connectivity index (χ4n) is 1.25. The molecule has 0 amide bonds. The highest BCUT2D eigenvalue weighted by molar-refractivity contribution is 7.15. The molecule has 0 unspecified atom stereocenters. The molecule has 0 N–H and O–H groups in total. The van der Waals surface area contributed by atoms with Crippen LogP contribution in [0.5, 0.6) is 0 Å². The third-order valence-electron chi connectivity index (χ3n) is 2.41. The standard InChI is InChI=1S/C11H18N2O2S/c1-7(2)13(6-10(14)15-5)11-12-8(3)9(4)16-11/h7H,6H2,1-5H3. The summed E-state index contributed by atoms with van der Waals surface area (Å²) in [6, 6.07) is 0.226. The summed E-state index contributed by atoms with van der Waals surface area (Å²) in [5, 5.41) is 0.885. The SMILES string of the molecule is COC(=O)CN(c1nc(C)c(C)s1)C(C)C. The van der Waals surface area contributed by atoms with Gasteiger partial charge in [0.2, 0.25) is 0 Å². The summed E-state index contributed by atoms with van der Waals surface area (Å²) >= 11 is 1.61. The molecule has 0 aliphatic rings. The van der Waals surface area contributed by atoms with Gasteiger partial charge in [0.25, 0.3) is 0 Å². The van der Waals surface area contributed by atoms with Gasteiger partial charge in [0, 0.05) is 10.9 Å². The number of hydrogen-bond acceptors (Lipinski definition) is 5. The minimum Gasteiger partial charge on any atom is -0.468 e. The second-order valence-corrected chi connectivity index (χ2v) is 5.12. The third kappa shape index (κ3) is 2.95. The van der Waals surface area contributed by atoms with Crippen molar-refractivity contribution in [2.45, 2.75) is 33.7 Å². The first-order chi connectivity index (χ1) is 7.45. The Labute approximate surface area is 100 Å². The molecule has 0 saturated carbocycles. The van der Waals surface area contributed by atoms with E-state index >= 15 is 0 Å². The molecule has 1 aromatic rings. The average Bonchev–Trinajstić information content (AvgIpc) is 2.54. The van der Waals surface area contributed by atoms with Crippen LogP contribution in [0.4, 0.5) is 5.13 Å². The van der Waals surface area contributed by atoms with E-state index in [4.69, 9.17) is 0 Å². The zero-order valence-electron chi connectivity index (χ0n) is 10.4. The van der Waals surface area contributed by atoms with Crippen LogP contribution in [0.1, 0.15) is 24.4 Å². The van der Waals surface area contributed by atoms with E-state index in [2.05, 4.69) is 9.72 Å². The molecule has 0 spiro atoms. The van der Waals surface area contributed by atoms with Gasteiger partial charge in [-0.1, -0.05) is 0 Å². The van der Waals surface area contributed by atoms with Gasteiger partial charge in [-0.05, 0) is 27.7 Å². The number of esters is 1. The zero-order valence-corrected chi connectivity index (χ0v) is 11.2. The van der Waals surface area contributed by atoms with Crippen molar-refractivity contribution in [3.8, 4) is 0 Å². The van der Waals surface area contributed by atoms with E-state index < -0.39 is 0 Å². The second kappa shape index (κ2) is 5.30. The molecule has 1 aromatic heterocycles. The number of aromatic nitrogens is 1. The van der Waals surface area contributed by atoms with Crippen LogP contribution in [-0.4, -0.2) is 30.6 Å². The highest BCUT2D eigenvalue weighted by Crippen LogP contribution is 2.26. The van der Waals surface area contributed by atoms with Gasteiger partial charge in [-0.3, -0.25) is 4.79 Å². The van der Waals surface area contributed by atoms with Crippen LogP contribution in [0.3, 0.4) is 0 Å². The first-order valence-corrected chi connectivity index (χ1v) is 6.04. The average molecular weight is 242 g/mol. The van der Waals surface area contributed by atoms with Crippen molar-refractivity contribution in [2.24, 2.45) is 0 Å². The summed E-state index contributed by atoms with van der Waals surface area (Å²) in [5.41, 5.74) is 1.02. The number of hydrogen-bond donors (Lipinski definition) is 0. The molecule has 0 aromatic carbocycles. The van der Waals surface area contributed by atoms with Gasteiger partial charge < -0.3 is 9.64 Å². The van der Waals surface area contributed by atoms with Crippen LogP contribution < -0.4 is 4.90 Å². The molecule has 0 bridgehead atoms. The Morgan fingerprint density at radius 3 is 2.50 bits per heavy atom. The molecule has 0 atom stereocenters. The molecule has 4 nitrogen and oxygen atoms in total. The summed E-state index contributed by atoms with van der Waals surface area (Å²) in [6.07, 6.45) is 0. The Hall–Kier alpha value is -1.10. The van der Waals surface area contributed by atoms with Crippen molar-refractivity contribution in [1.29, 1.82) is 0 Å². The van der Waals surface area contributed by atoms with E-state index in [0.717, 1.165) is 10.8 Å². The third-order valence-corrected chi connectivity index (χ3v) is 3.52. The Kier molecular flexibility index (Phi) is 4.29. The molecule has 0 radical (unpaired) electrons. The van der Waals surface area contributed by atoms with Crippen molar-refractivity contribution in [3.63, 3.8) is 0 Å². The number of ether oxygens (including phenoxy) is 1. The minimum absolute atomic E-state index is 0.226. The van der Waals surface area contributed by atoms with E-state index in [1.807, 2.05) is 32.6 Å². The number of nitrogens with zero attached hydrogens (tertiary/aromatic N) is 2. The smallest absolute Gasteiger partial charge is 0.325 e. The van der Waals surface area contributed by atoms with Gasteiger partial charge in [-0.2, -0.15) is 0 Å². The maximum Gasteiger partial charge on any atom is 0.325 e. The molecular formula is C11H18N2O2S. The van der Waals surface area contributed by atoms with Crippen LogP contribution in [-0.2, 0) is 9.53 Å². The fraction of sp³-hybridized carbons (Fsp3) is 0.636. The van der Waals surface area contributed by atoms with Crippen molar-refractivity contribution in [1.82, 2.24) is 4.98 Å². The second-order valence-electron chi connectivity index (χ2n) is 3.94.